The maximum absolute atomic E-state index is 12.5. The molecule has 0 atom stereocenters. The number of benzene rings is 2. The highest BCUT2D eigenvalue weighted by atomic mass is 16.6. The number of nitro groups is 1. The first-order chi connectivity index (χ1) is 10.8. The molecular weight excluding hydrogens is 300 g/mol. The number of anilines is 1. The van der Waals surface area contributed by atoms with Crippen molar-refractivity contribution in [2.75, 3.05) is 5.32 Å². The van der Waals surface area contributed by atoms with Crippen molar-refractivity contribution in [2.24, 2.45) is 0 Å². The molecule has 0 saturated heterocycles. The molecule has 7 nitrogen and oxygen atoms in total. The summed E-state index contributed by atoms with van der Waals surface area (Å²) in [5.74, 6) is -2.23. The fraction of sp³-hybridized carbons (Fsp3) is 0.125. The van der Waals surface area contributed by atoms with E-state index in [1.807, 2.05) is 6.07 Å². The minimum atomic E-state index is -1.40. The minimum Gasteiger partial charge on any atom is -0.478 e. The Hall–Kier alpha value is -3.22. The molecule has 7 heteroatoms. The third kappa shape index (κ3) is 3.18. The number of hydrogen-bond acceptors (Lipinski definition) is 4. The maximum Gasteiger partial charge on any atom is 0.336 e. The SMILES string of the molecule is Cc1cccc(C)c1NC(=O)c1c(C(=O)O)cccc1[N+](=O)[O-]. The van der Waals surface area contributed by atoms with Gasteiger partial charge in [-0.05, 0) is 31.0 Å². The Labute approximate surface area is 131 Å². The van der Waals surface area contributed by atoms with Crippen molar-refractivity contribution in [1.82, 2.24) is 0 Å². The van der Waals surface area contributed by atoms with Crippen molar-refractivity contribution in [2.45, 2.75) is 13.8 Å². The summed E-state index contributed by atoms with van der Waals surface area (Å²) in [7, 11) is 0. The van der Waals surface area contributed by atoms with Crippen LogP contribution in [0.3, 0.4) is 0 Å². The van der Waals surface area contributed by atoms with Crippen LogP contribution in [0.1, 0.15) is 31.8 Å². The molecule has 23 heavy (non-hydrogen) atoms. The largest absolute Gasteiger partial charge is 0.478 e. The summed E-state index contributed by atoms with van der Waals surface area (Å²) < 4.78 is 0. The van der Waals surface area contributed by atoms with Gasteiger partial charge in [0.1, 0.15) is 5.56 Å². The number of carboxylic acid groups (broad SMARTS) is 1. The van der Waals surface area contributed by atoms with Crippen LogP contribution in [0.2, 0.25) is 0 Å². The van der Waals surface area contributed by atoms with Crippen LogP contribution >= 0.6 is 0 Å². The molecule has 2 aromatic rings. The second kappa shape index (κ2) is 6.27. The summed E-state index contributed by atoms with van der Waals surface area (Å²) in [5.41, 5.74) is 0.624. The Morgan fingerprint density at radius 1 is 1.09 bits per heavy atom. The summed E-state index contributed by atoms with van der Waals surface area (Å²) in [4.78, 5) is 34.1. The standard InChI is InChI=1S/C16H14N2O5/c1-9-5-3-6-10(2)14(9)17-15(19)13-11(16(20)21)7-4-8-12(13)18(22)23/h3-8H,1-2H3,(H,17,19)(H,20,21). The smallest absolute Gasteiger partial charge is 0.336 e. The number of carbonyl (C=O) groups is 2. The Morgan fingerprint density at radius 2 is 1.65 bits per heavy atom. The van der Waals surface area contributed by atoms with Gasteiger partial charge >= 0.3 is 5.97 Å². The number of aryl methyl sites for hydroxylation is 2. The van der Waals surface area contributed by atoms with Crippen LogP contribution in [0.15, 0.2) is 36.4 Å². The highest BCUT2D eigenvalue weighted by Crippen LogP contribution is 2.26. The lowest BCUT2D eigenvalue weighted by atomic mass is 10.0. The van der Waals surface area contributed by atoms with Crippen molar-refractivity contribution in [3.8, 4) is 0 Å². The molecule has 0 saturated carbocycles. The van der Waals surface area contributed by atoms with Crippen LogP contribution in [0, 0.1) is 24.0 Å². The highest BCUT2D eigenvalue weighted by Gasteiger charge is 2.27. The number of carboxylic acids is 1. The van der Waals surface area contributed by atoms with Gasteiger partial charge in [0.25, 0.3) is 11.6 Å². The number of carbonyl (C=O) groups excluding carboxylic acids is 1. The van der Waals surface area contributed by atoms with Gasteiger partial charge in [-0.1, -0.05) is 24.3 Å². The van der Waals surface area contributed by atoms with Crippen molar-refractivity contribution in [1.29, 1.82) is 0 Å². The zero-order chi connectivity index (χ0) is 17.1. The van der Waals surface area contributed by atoms with Gasteiger partial charge in [-0.15, -0.1) is 0 Å². The van der Waals surface area contributed by atoms with Crippen molar-refractivity contribution in [3.63, 3.8) is 0 Å². The second-order valence-corrected chi connectivity index (χ2v) is 4.98. The summed E-state index contributed by atoms with van der Waals surface area (Å²) in [6.07, 6.45) is 0. The Bertz CT molecular complexity index is 762. The number of rotatable bonds is 4. The van der Waals surface area contributed by atoms with Crippen LogP contribution in [0.4, 0.5) is 11.4 Å². The number of nitrogens with zero attached hydrogens (tertiary/aromatic N) is 1. The van der Waals surface area contributed by atoms with Crippen molar-refractivity contribution in [3.05, 3.63) is 68.8 Å². The molecule has 1 amide bonds. The summed E-state index contributed by atoms with van der Waals surface area (Å²) >= 11 is 0. The zero-order valence-electron chi connectivity index (χ0n) is 12.5. The van der Waals surface area contributed by atoms with Crippen molar-refractivity contribution >= 4 is 23.3 Å². The second-order valence-electron chi connectivity index (χ2n) is 4.98. The van der Waals surface area contributed by atoms with Crippen LogP contribution in [0.5, 0.6) is 0 Å². The van der Waals surface area contributed by atoms with E-state index in [4.69, 9.17) is 0 Å². The molecule has 0 spiro atoms. The van der Waals surface area contributed by atoms with Crippen molar-refractivity contribution < 1.29 is 19.6 Å². The topological polar surface area (TPSA) is 110 Å². The third-order valence-corrected chi connectivity index (χ3v) is 3.42. The van der Waals surface area contributed by atoms with Gasteiger partial charge in [0.05, 0.1) is 10.5 Å². The maximum atomic E-state index is 12.5. The van der Waals surface area contributed by atoms with Gasteiger partial charge in [0, 0.05) is 11.8 Å². The van der Waals surface area contributed by atoms with Crippen LogP contribution in [0.25, 0.3) is 0 Å². The van der Waals surface area contributed by atoms with E-state index in [9.17, 15) is 24.8 Å². The molecular formula is C16H14N2O5. The monoisotopic (exact) mass is 314 g/mol. The number of amides is 1. The third-order valence-electron chi connectivity index (χ3n) is 3.42. The lowest BCUT2D eigenvalue weighted by molar-refractivity contribution is -0.385. The number of hydrogen-bond donors (Lipinski definition) is 2. The molecule has 118 valence electrons. The van der Waals surface area contributed by atoms with Gasteiger partial charge in [-0.25, -0.2) is 4.79 Å². The molecule has 0 bridgehead atoms. The normalized spacial score (nSPS) is 10.2. The summed E-state index contributed by atoms with van der Waals surface area (Å²) in [6, 6.07) is 8.87. The number of para-hydroxylation sites is 1. The minimum absolute atomic E-state index is 0.414. The Kier molecular flexibility index (Phi) is 4.40. The van der Waals surface area contributed by atoms with Gasteiger partial charge < -0.3 is 10.4 Å². The fourth-order valence-electron chi connectivity index (χ4n) is 2.30. The molecule has 2 N–H and O–H groups in total. The fourth-order valence-corrected chi connectivity index (χ4v) is 2.30. The average molecular weight is 314 g/mol. The quantitative estimate of drug-likeness (QED) is 0.665. The molecule has 2 aromatic carbocycles. The first-order valence-electron chi connectivity index (χ1n) is 6.71. The van der Waals surface area contributed by atoms with E-state index in [1.54, 1.807) is 26.0 Å². The van der Waals surface area contributed by atoms with E-state index in [0.717, 1.165) is 23.3 Å². The van der Waals surface area contributed by atoms with Gasteiger partial charge in [-0.2, -0.15) is 0 Å². The lowest BCUT2D eigenvalue weighted by Crippen LogP contribution is -2.19. The van der Waals surface area contributed by atoms with E-state index in [1.165, 1.54) is 6.07 Å². The van der Waals surface area contributed by atoms with Gasteiger partial charge in [0.15, 0.2) is 0 Å². The number of nitrogens with one attached hydrogen (secondary N) is 1. The first kappa shape index (κ1) is 16.2. The Morgan fingerprint density at radius 3 is 2.17 bits per heavy atom. The predicted octanol–water partition coefficient (Wildman–Crippen LogP) is 3.16. The van der Waals surface area contributed by atoms with E-state index in [-0.39, 0.29) is 0 Å². The average Bonchev–Trinajstić information content (AvgIpc) is 2.50. The zero-order valence-corrected chi connectivity index (χ0v) is 12.5. The van der Waals surface area contributed by atoms with Crippen LogP contribution in [-0.2, 0) is 0 Å². The van der Waals surface area contributed by atoms with Gasteiger partial charge in [-0.3, -0.25) is 14.9 Å². The molecule has 0 aliphatic heterocycles. The molecule has 0 radical (unpaired) electrons. The predicted molar refractivity (Wildman–Crippen MR) is 83.9 cm³/mol. The molecule has 0 fully saturated rings. The molecule has 0 heterocycles. The molecule has 2 rings (SSSR count). The van der Waals surface area contributed by atoms with Gasteiger partial charge in [0.2, 0.25) is 0 Å². The number of aromatic carboxylic acids is 1. The highest BCUT2D eigenvalue weighted by molar-refractivity contribution is 6.13. The van der Waals surface area contributed by atoms with E-state index < -0.39 is 33.6 Å². The van der Waals surface area contributed by atoms with Crippen LogP contribution in [-0.4, -0.2) is 21.9 Å². The lowest BCUT2D eigenvalue weighted by Gasteiger charge is -2.12. The van der Waals surface area contributed by atoms with E-state index >= 15 is 0 Å². The Balaban J connectivity index is 2.55. The summed E-state index contributed by atoms with van der Waals surface area (Å²) in [5, 5.41) is 22.9. The molecule has 0 unspecified atom stereocenters. The van der Waals surface area contributed by atoms with E-state index in [2.05, 4.69) is 5.32 Å². The molecule has 0 aliphatic rings. The first-order valence-corrected chi connectivity index (χ1v) is 6.71. The molecule has 0 aromatic heterocycles. The van der Waals surface area contributed by atoms with E-state index in [0.29, 0.717) is 5.69 Å². The summed E-state index contributed by atoms with van der Waals surface area (Å²) in [6.45, 7) is 3.56. The number of nitro benzene ring substituents is 1. The van der Waals surface area contributed by atoms with Crippen LogP contribution < -0.4 is 5.32 Å². The molecule has 0 aliphatic carbocycles.